The van der Waals surface area contributed by atoms with Crippen molar-refractivity contribution < 1.29 is 28.6 Å². The van der Waals surface area contributed by atoms with Gasteiger partial charge in [0.2, 0.25) is 0 Å². The van der Waals surface area contributed by atoms with Crippen LogP contribution in [-0.4, -0.2) is 37.2 Å². The lowest BCUT2D eigenvalue weighted by Crippen LogP contribution is -2.30. The molecule has 400 valence electrons. The van der Waals surface area contributed by atoms with Gasteiger partial charge in [-0.25, -0.2) is 0 Å². The maximum atomic E-state index is 12.7. The molecule has 6 nitrogen and oxygen atoms in total. The number of rotatable bonds is 54. The van der Waals surface area contributed by atoms with Gasteiger partial charge in [0, 0.05) is 19.3 Å². The molecular weight excluding hydrogens is 853 g/mol. The fourth-order valence-electron chi connectivity index (χ4n) is 8.59. The first kappa shape index (κ1) is 66.1. The van der Waals surface area contributed by atoms with Crippen LogP contribution < -0.4 is 0 Å². The lowest BCUT2D eigenvalue weighted by Gasteiger charge is -2.18. The standard InChI is InChI=1S/C63H112O6/c1-4-7-10-13-16-18-20-22-23-24-25-26-27-28-29-30-31-32-33-34-35-36-37-38-39-40-41-42-44-45-47-50-53-56-62(65)68-59-60(58-67-61(64)55-52-49-15-12-9-6-3)69-63(66)57-54-51-48-46-43-21-19-17-14-11-8-5-2/h7,10,16,18,22-23,25-26,28-29,60H,4-6,8-9,11-15,17,19-21,24,27,30-59H2,1-3H3/b10-7-,18-16-,23-22-,26-25-,29-28-. The number of hydrogen-bond acceptors (Lipinski definition) is 6. The van der Waals surface area contributed by atoms with Crippen LogP contribution in [0.2, 0.25) is 0 Å². The smallest absolute Gasteiger partial charge is 0.306 e. The molecule has 0 heterocycles. The van der Waals surface area contributed by atoms with E-state index in [9.17, 15) is 14.4 Å². The first-order valence-electron chi connectivity index (χ1n) is 29.8. The molecule has 0 saturated heterocycles. The highest BCUT2D eigenvalue weighted by Gasteiger charge is 2.19. The van der Waals surface area contributed by atoms with Crippen LogP contribution in [0.3, 0.4) is 0 Å². The summed E-state index contributed by atoms with van der Waals surface area (Å²) in [6, 6.07) is 0. The van der Waals surface area contributed by atoms with Crippen LogP contribution in [0.15, 0.2) is 60.8 Å². The van der Waals surface area contributed by atoms with Gasteiger partial charge in [0.1, 0.15) is 13.2 Å². The molecule has 0 aromatic carbocycles. The largest absolute Gasteiger partial charge is 0.462 e. The Balaban J connectivity index is 3.93. The number of allylic oxidation sites excluding steroid dienone is 10. The van der Waals surface area contributed by atoms with Crippen LogP contribution in [0, 0.1) is 0 Å². The Hall–Kier alpha value is -2.89. The molecule has 69 heavy (non-hydrogen) atoms. The molecule has 0 amide bonds. The van der Waals surface area contributed by atoms with Crippen LogP contribution in [-0.2, 0) is 28.6 Å². The molecule has 0 spiro atoms. The zero-order valence-corrected chi connectivity index (χ0v) is 45.8. The molecule has 1 unspecified atom stereocenters. The lowest BCUT2D eigenvalue weighted by molar-refractivity contribution is -0.167. The Bertz CT molecular complexity index is 1250. The van der Waals surface area contributed by atoms with E-state index >= 15 is 0 Å². The van der Waals surface area contributed by atoms with E-state index in [0.29, 0.717) is 19.3 Å². The minimum absolute atomic E-state index is 0.0687. The van der Waals surface area contributed by atoms with Crippen molar-refractivity contribution in [1.82, 2.24) is 0 Å². The van der Waals surface area contributed by atoms with E-state index in [-0.39, 0.29) is 31.1 Å². The molecule has 0 aliphatic carbocycles. The Morgan fingerprint density at radius 1 is 0.304 bits per heavy atom. The average molecular weight is 966 g/mol. The van der Waals surface area contributed by atoms with E-state index in [1.54, 1.807) is 0 Å². The fourth-order valence-corrected chi connectivity index (χ4v) is 8.59. The Labute approximate surface area is 428 Å². The van der Waals surface area contributed by atoms with Crippen molar-refractivity contribution in [2.45, 2.75) is 309 Å². The Morgan fingerprint density at radius 2 is 0.565 bits per heavy atom. The highest BCUT2D eigenvalue weighted by molar-refractivity contribution is 5.71. The maximum Gasteiger partial charge on any atom is 0.306 e. The molecule has 6 heteroatoms. The van der Waals surface area contributed by atoms with Gasteiger partial charge in [0.15, 0.2) is 6.10 Å². The summed E-state index contributed by atoms with van der Waals surface area (Å²) in [4.78, 5) is 37.8. The van der Waals surface area contributed by atoms with E-state index in [2.05, 4.69) is 81.5 Å². The van der Waals surface area contributed by atoms with Gasteiger partial charge in [-0.1, -0.05) is 281 Å². The summed E-state index contributed by atoms with van der Waals surface area (Å²) in [6.07, 6.45) is 72.7. The lowest BCUT2D eigenvalue weighted by atomic mass is 10.0. The summed E-state index contributed by atoms with van der Waals surface area (Å²) in [7, 11) is 0. The van der Waals surface area contributed by atoms with E-state index in [1.165, 1.54) is 173 Å². The highest BCUT2D eigenvalue weighted by atomic mass is 16.6. The average Bonchev–Trinajstić information content (AvgIpc) is 3.35. The van der Waals surface area contributed by atoms with Crippen LogP contribution in [0.25, 0.3) is 0 Å². The minimum Gasteiger partial charge on any atom is -0.462 e. The second-order valence-electron chi connectivity index (χ2n) is 19.9. The summed E-state index contributed by atoms with van der Waals surface area (Å²) in [5.74, 6) is -0.866. The van der Waals surface area contributed by atoms with Crippen molar-refractivity contribution in [2.75, 3.05) is 13.2 Å². The number of esters is 3. The van der Waals surface area contributed by atoms with Gasteiger partial charge in [0.25, 0.3) is 0 Å². The molecule has 0 N–H and O–H groups in total. The summed E-state index contributed by atoms with van der Waals surface area (Å²) in [6.45, 7) is 6.49. The molecule has 0 aliphatic heterocycles. The van der Waals surface area contributed by atoms with Crippen molar-refractivity contribution in [1.29, 1.82) is 0 Å². The topological polar surface area (TPSA) is 78.9 Å². The SMILES string of the molecule is CC/C=C\C/C=C\C/C=C\C/C=C\C/C=C\CCCCCCCCCCCCCCCCCCCC(=O)OCC(COC(=O)CCCCCCCC)OC(=O)CCCCCCCCCCCCCC. The van der Waals surface area contributed by atoms with Gasteiger partial charge in [-0.05, 0) is 64.2 Å². The third-order valence-corrected chi connectivity index (χ3v) is 13.0. The predicted octanol–water partition coefficient (Wildman–Crippen LogP) is 20.0. The number of ether oxygens (including phenoxy) is 3. The van der Waals surface area contributed by atoms with Crippen molar-refractivity contribution in [3.8, 4) is 0 Å². The Morgan fingerprint density at radius 3 is 0.884 bits per heavy atom. The molecule has 0 rings (SSSR count). The second kappa shape index (κ2) is 57.7. The predicted molar refractivity (Wildman–Crippen MR) is 298 cm³/mol. The van der Waals surface area contributed by atoms with Gasteiger partial charge in [-0.3, -0.25) is 14.4 Å². The molecule has 0 aromatic heterocycles. The number of carbonyl (C=O) groups excluding carboxylic acids is 3. The maximum absolute atomic E-state index is 12.7. The molecule has 0 radical (unpaired) electrons. The summed E-state index contributed by atoms with van der Waals surface area (Å²) < 4.78 is 16.7. The van der Waals surface area contributed by atoms with Crippen LogP contribution >= 0.6 is 0 Å². The number of unbranched alkanes of at least 4 members (excludes halogenated alkanes) is 33. The second-order valence-corrected chi connectivity index (χ2v) is 19.9. The fraction of sp³-hybridized carbons (Fsp3) is 0.794. The number of hydrogen-bond donors (Lipinski definition) is 0. The third kappa shape index (κ3) is 55.9. The van der Waals surface area contributed by atoms with Gasteiger partial charge in [-0.15, -0.1) is 0 Å². The van der Waals surface area contributed by atoms with Gasteiger partial charge in [0.05, 0.1) is 0 Å². The molecule has 0 bridgehead atoms. The van der Waals surface area contributed by atoms with E-state index < -0.39 is 6.10 Å². The summed E-state index contributed by atoms with van der Waals surface area (Å²) in [5.41, 5.74) is 0. The highest BCUT2D eigenvalue weighted by Crippen LogP contribution is 2.17. The number of carbonyl (C=O) groups is 3. The zero-order chi connectivity index (χ0) is 50.0. The zero-order valence-electron chi connectivity index (χ0n) is 45.8. The summed E-state index contributed by atoms with van der Waals surface area (Å²) in [5, 5.41) is 0. The Kier molecular flexibility index (Phi) is 55.3. The summed E-state index contributed by atoms with van der Waals surface area (Å²) >= 11 is 0. The normalized spacial score (nSPS) is 12.4. The molecule has 1 atom stereocenters. The van der Waals surface area contributed by atoms with Crippen LogP contribution in [0.1, 0.15) is 303 Å². The minimum atomic E-state index is -0.765. The van der Waals surface area contributed by atoms with E-state index in [0.717, 1.165) is 89.9 Å². The molecule has 0 fully saturated rings. The monoisotopic (exact) mass is 965 g/mol. The van der Waals surface area contributed by atoms with Crippen molar-refractivity contribution in [3.63, 3.8) is 0 Å². The van der Waals surface area contributed by atoms with E-state index in [4.69, 9.17) is 14.2 Å². The molecule has 0 aromatic rings. The van der Waals surface area contributed by atoms with Crippen molar-refractivity contribution in [3.05, 3.63) is 60.8 Å². The first-order chi connectivity index (χ1) is 34.0. The van der Waals surface area contributed by atoms with Crippen molar-refractivity contribution >= 4 is 17.9 Å². The van der Waals surface area contributed by atoms with Gasteiger partial charge >= 0.3 is 17.9 Å². The quantitative estimate of drug-likeness (QED) is 0.0262. The molecule has 0 aliphatic rings. The molecular formula is C63H112O6. The van der Waals surface area contributed by atoms with Gasteiger partial charge in [-0.2, -0.15) is 0 Å². The van der Waals surface area contributed by atoms with Crippen LogP contribution in [0.5, 0.6) is 0 Å². The van der Waals surface area contributed by atoms with Gasteiger partial charge < -0.3 is 14.2 Å². The molecule has 0 saturated carbocycles. The van der Waals surface area contributed by atoms with E-state index in [1.807, 2.05) is 0 Å². The van der Waals surface area contributed by atoms with Crippen molar-refractivity contribution in [2.24, 2.45) is 0 Å². The first-order valence-corrected chi connectivity index (χ1v) is 29.8. The van der Waals surface area contributed by atoms with Crippen LogP contribution in [0.4, 0.5) is 0 Å². The third-order valence-electron chi connectivity index (χ3n) is 13.0.